The number of hydrogen-bond donors (Lipinski definition) is 0. The second kappa shape index (κ2) is 4.31. The maximum atomic E-state index is 6.22. The fraction of sp³-hybridized carbons (Fsp3) is 0.200. The van der Waals surface area contributed by atoms with E-state index in [2.05, 4.69) is 18.4 Å². The van der Waals surface area contributed by atoms with Crippen LogP contribution in [0.2, 0.25) is 5.02 Å². The van der Waals surface area contributed by atoms with Crippen molar-refractivity contribution in [1.82, 2.24) is 0 Å². The van der Waals surface area contributed by atoms with Crippen molar-refractivity contribution < 1.29 is 0 Å². The summed E-state index contributed by atoms with van der Waals surface area (Å²) in [5.41, 5.74) is 1.01. The highest BCUT2D eigenvalue weighted by molar-refractivity contribution is 8.00. The predicted octanol–water partition coefficient (Wildman–Crippen LogP) is 5.02. The number of benzene rings is 1. The van der Waals surface area contributed by atoms with Crippen molar-refractivity contribution in [1.29, 1.82) is 0 Å². The van der Waals surface area contributed by atoms with Crippen LogP contribution in [0.15, 0.2) is 22.4 Å². The molecule has 0 aliphatic carbocycles. The van der Waals surface area contributed by atoms with Crippen LogP contribution in [-0.2, 0) is 5.88 Å². The number of thiophene rings is 1. The molecular formula is C10H8Cl2S2. The molecule has 0 aliphatic heterocycles. The van der Waals surface area contributed by atoms with Gasteiger partial charge in [-0.2, -0.15) is 0 Å². The summed E-state index contributed by atoms with van der Waals surface area (Å²) in [6.07, 6.45) is 2.07. The van der Waals surface area contributed by atoms with Gasteiger partial charge in [0.05, 0.1) is 9.23 Å². The van der Waals surface area contributed by atoms with Gasteiger partial charge in [-0.3, -0.25) is 0 Å². The Morgan fingerprint density at radius 3 is 2.86 bits per heavy atom. The highest BCUT2D eigenvalue weighted by Crippen LogP contribution is 2.37. The predicted molar refractivity (Wildman–Crippen MR) is 68.2 cm³/mol. The maximum absolute atomic E-state index is 6.22. The molecule has 4 heteroatoms. The van der Waals surface area contributed by atoms with E-state index in [0.717, 1.165) is 16.0 Å². The molecule has 0 atom stereocenters. The van der Waals surface area contributed by atoms with Gasteiger partial charge in [-0.1, -0.05) is 17.7 Å². The third kappa shape index (κ3) is 1.76. The van der Waals surface area contributed by atoms with E-state index in [4.69, 9.17) is 23.2 Å². The highest BCUT2D eigenvalue weighted by Gasteiger charge is 2.07. The standard InChI is InChI=1S/C10H8Cl2S2/c1-13-9-4-7-8(14-9)3-2-6(5-11)10(7)12/h2-4H,5H2,1H3. The molecule has 0 amide bonds. The van der Waals surface area contributed by atoms with E-state index < -0.39 is 0 Å². The molecule has 0 saturated heterocycles. The van der Waals surface area contributed by atoms with Gasteiger partial charge in [-0.05, 0) is 24.0 Å². The van der Waals surface area contributed by atoms with Gasteiger partial charge in [-0.15, -0.1) is 34.7 Å². The minimum absolute atomic E-state index is 0.471. The number of fused-ring (bicyclic) bond motifs is 1. The Hall–Kier alpha value is 0.110. The summed E-state index contributed by atoms with van der Waals surface area (Å²) < 4.78 is 2.52. The normalized spacial score (nSPS) is 11.1. The summed E-state index contributed by atoms with van der Waals surface area (Å²) in [5, 5.41) is 1.92. The molecule has 0 spiro atoms. The molecule has 14 heavy (non-hydrogen) atoms. The Bertz CT molecular complexity index is 462. The van der Waals surface area contributed by atoms with E-state index in [1.165, 1.54) is 8.91 Å². The molecule has 0 nitrogen and oxygen atoms in total. The highest BCUT2D eigenvalue weighted by atomic mass is 35.5. The molecule has 0 bridgehead atoms. The topological polar surface area (TPSA) is 0 Å². The van der Waals surface area contributed by atoms with Gasteiger partial charge in [-0.25, -0.2) is 0 Å². The Morgan fingerprint density at radius 1 is 1.43 bits per heavy atom. The fourth-order valence-electron chi connectivity index (χ4n) is 1.30. The number of hydrogen-bond acceptors (Lipinski definition) is 2. The average molecular weight is 263 g/mol. The van der Waals surface area contributed by atoms with Crippen molar-refractivity contribution in [2.24, 2.45) is 0 Å². The zero-order chi connectivity index (χ0) is 10.1. The van der Waals surface area contributed by atoms with Crippen molar-refractivity contribution >= 4 is 56.4 Å². The van der Waals surface area contributed by atoms with Crippen LogP contribution in [-0.4, -0.2) is 6.26 Å². The van der Waals surface area contributed by atoms with E-state index >= 15 is 0 Å². The van der Waals surface area contributed by atoms with Gasteiger partial charge in [0, 0.05) is 16.0 Å². The molecule has 74 valence electrons. The largest absolute Gasteiger partial charge is 0.129 e. The summed E-state index contributed by atoms with van der Waals surface area (Å²) in [7, 11) is 0. The third-order valence-electron chi connectivity index (χ3n) is 2.04. The van der Waals surface area contributed by atoms with Gasteiger partial charge < -0.3 is 0 Å². The van der Waals surface area contributed by atoms with E-state index in [9.17, 15) is 0 Å². The molecule has 0 radical (unpaired) electrons. The molecule has 0 unspecified atom stereocenters. The van der Waals surface area contributed by atoms with Crippen LogP contribution < -0.4 is 0 Å². The minimum atomic E-state index is 0.471. The SMILES string of the molecule is CSc1cc2c(Cl)c(CCl)ccc2s1. The van der Waals surface area contributed by atoms with Gasteiger partial charge >= 0.3 is 0 Å². The third-order valence-corrected chi connectivity index (χ3v) is 4.94. The first-order chi connectivity index (χ1) is 6.76. The lowest BCUT2D eigenvalue weighted by molar-refractivity contribution is 1.43. The van der Waals surface area contributed by atoms with E-state index in [1.807, 2.05) is 6.07 Å². The van der Waals surface area contributed by atoms with Crippen LogP contribution in [0.4, 0.5) is 0 Å². The van der Waals surface area contributed by atoms with Gasteiger partial charge in [0.25, 0.3) is 0 Å². The second-order valence-corrected chi connectivity index (χ2v) is 5.69. The Balaban J connectivity index is 2.68. The van der Waals surface area contributed by atoms with Crippen molar-refractivity contribution in [2.75, 3.05) is 6.26 Å². The molecular weight excluding hydrogens is 255 g/mol. The van der Waals surface area contributed by atoms with Crippen molar-refractivity contribution in [3.05, 3.63) is 28.8 Å². The van der Waals surface area contributed by atoms with Crippen molar-refractivity contribution in [3.8, 4) is 0 Å². The molecule has 2 rings (SSSR count). The van der Waals surface area contributed by atoms with Crippen LogP contribution in [0.3, 0.4) is 0 Å². The van der Waals surface area contributed by atoms with Gasteiger partial charge in [0.15, 0.2) is 0 Å². The summed E-state index contributed by atoms with van der Waals surface area (Å²) in [6.45, 7) is 0. The van der Waals surface area contributed by atoms with Crippen molar-refractivity contribution in [3.63, 3.8) is 0 Å². The van der Waals surface area contributed by atoms with E-state index in [-0.39, 0.29) is 0 Å². The number of thioether (sulfide) groups is 1. The van der Waals surface area contributed by atoms with Crippen LogP contribution in [0.25, 0.3) is 10.1 Å². The zero-order valence-corrected chi connectivity index (χ0v) is 10.7. The Labute approximate surface area is 101 Å². The monoisotopic (exact) mass is 262 g/mol. The number of halogens is 2. The molecule has 1 aromatic carbocycles. The molecule has 0 fully saturated rings. The summed E-state index contributed by atoms with van der Waals surface area (Å²) in [4.78, 5) is 0. The maximum Gasteiger partial charge on any atom is 0.0609 e. The fourth-order valence-corrected chi connectivity index (χ4v) is 3.58. The lowest BCUT2D eigenvalue weighted by Crippen LogP contribution is -1.78. The summed E-state index contributed by atoms with van der Waals surface area (Å²) in [6, 6.07) is 6.21. The van der Waals surface area contributed by atoms with Gasteiger partial charge in [0.2, 0.25) is 0 Å². The first-order valence-corrected chi connectivity index (χ1v) is 7.02. The molecule has 2 aromatic rings. The Morgan fingerprint density at radius 2 is 2.21 bits per heavy atom. The summed E-state index contributed by atoms with van der Waals surface area (Å²) >= 11 is 15.5. The van der Waals surface area contributed by atoms with Crippen molar-refractivity contribution in [2.45, 2.75) is 10.1 Å². The van der Waals surface area contributed by atoms with E-state index in [1.54, 1.807) is 23.1 Å². The first-order valence-electron chi connectivity index (χ1n) is 4.07. The second-order valence-electron chi connectivity index (χ2n) is 2.85. The molecule has 0 N–H and O–H groups in total. The average Bonchev–Trinajstić information content (AvgIpc) is 2.62. The van der Waals surface area contributed by atoms with Crippen LogP contribution in [0.5, 0.6) is 0 Å². The first kappa shape index (κ1) is 10.6. The molecule has 1 heterocycles. The minimum Gasteiger partial charge on any atom is -0.129 e. The lowest BCUT2D eigenvalue weighted by atomic mass is 10.2. The smallest absolute Gasteiger partial charge is 0.0609 e. The molecule has 1 aromatic heterocycles. The van der Waals surface area contributed by atoms with E-state index in [0.29, 0.717) is 5.88 Å². The zero-order valence-electron chi connectivity index (χ0n) is 7.51. The van der Waals surface area contributed by atoms with Gasteiger partial charge in [0.1, 0.15) is 0 Å². The number of rotatable bonds is 2. The van der Waals surface area contributed by atoms with Crippen LogP contribution in [0.1, 0.15) is 5.56 Å². The molecule has 0 saturated carbocycles. The number of alkyl halides is 1. The van der Waals surface area contributed by atoms with Crippen LogP contribution in [0, 0.1) is 0 Å². The molecule has 0 aliphatic rings. The Kier molecular flexibility index (Phi) is 3.27. The summed E-state index contributed by atoms with van der Waals surface area (Å²) in [5.74, 6) is 0.471. The lowest BCUT2D eigenvalue weighted by Gasteiger charge is -1.99. The van der Waals surface area contributed by atoms with Crippen LogP contribution >= 0.6 is 46.3 Å². The quantitative estimate of drug-likeness (QED) is 0.541.